The molecule has 0 spiro atoms. The van der Waals surface area contributed by atoms with Gasteiger partial charge in [0.1, 0.15) is 11.9 Å². The highest BCUT2D eigenvalue weighted by atomic mass is 35.5. The SMILES string of the molecule is CCC1N=C(c2ccc(Cl)s2)NC1=O. The van der Waals surface area contributed by atoms with E-state index < -0.39 is 0 Å². The molecular formula is C9H9ClN2OS. The molecule has 0 saturated heterocycles. The van der Waals surface area contributed by atoms with Crippen LogP contribution >= 0.6 is 22.9 Å². The molecule has 1 atom stereocenters. The van der Waals surface area contributed by atoms with Gasteiger partial charge in [0.15, 0.2) is 0 Å². The molecule has 0 radical (unpaired) electrons. The fraction of sp³-hybridized carbons (Fsp3) is 0.333. The Balaban J connectivity index is 2.25. The van der Waals surface area contributed by atoms with E-state index in [2.05, 4.69) is 10.3 Å². The second kappa shape index (κ2) is 3.71. The summed E-state index contributed by atoms with van der Waals surface area (Å²) < 4.78 is 0.705. The molecular weight excluding hydrogens is 220 g/mol. The first kappa shape index (κ1) is 9.68. The van der Waals surface area contributed by atoms with Crippen LogP contribution in [0.15, 0.2) is 17.1 Å². The molecule has 0 aliphatic carbocycles. The number of aliphatic imine (C=N–C) groups is 1. The van der Waals surface area contributed by atoms with Crippen LogP contribution in [0.3, 0.4) is 0 Å². The van der Waals surface area contributed by atoms with Gasteiger partial charge in [-0.25, -0.2) is 0 Å². The van der Waals surface area contributed by atoms with Gasteiger partial charge in [-0.05, 0) is 18.6 Å². The first-order valence-corrected chi connectivity index (χ1v) is 5.54. The number of nitrogens with zero attached hydrogens (tertiary/aromatic N) is 1. The Morgan fingerprint density at radius 2 is 2.43 bits per heavy atom. The Bertz CT molecular complexity index is 399. The van der Waals surface area contributed by atoms with Gasteiger partial charge >= 0.3 is 0 Å². The van der Waals surface area contributed by atoms with Crippen LogP contribution in [0.4, 0.5) is 0 Å². The normalized spacial score (nSPS) is 20.9. The van der Waals surface area contributed by atoms with E-state index in [1.165, 1.54) is 11.3 Å². The lowest BCUT2D eigenvalue weighted by Gasteiger charge is -1.96. The van der Waals surface area contributed by atoms with Gasteiger partial charge in [0.05, 0.1) is 9.21 Å². The van der Waals surface area contributed by atoms with E-state index in [1.54, 1.807) is 6.07 Å². The minimum absolute atomic E-state index is 0.0213. The van der Waals surface area contributed by atoms with E-state index in [0.29, 0.717) is 10.2 Å². The molecule has 1 aliphatic rings. The molecule has 0 bridgehead atoms. The van der Waals surface area contributed by atoms with Gasteiger partial charge in [-0.3, -0.25) is 9.79 Å². The van der Waals surface area contributed by atoms with E-state index in [0.717, 1.165) is 11.3 Å². The fourth-order valence-electron chi connectivity index (χ4n) is 1.29. The highest BCUT2D eigenvalue weighted by Crippen LogP contribution is 2.23. The number of carbonyl (C=O) groups excluding carboxylic acids is 1. The van der Waals surface area contributed by atoms with E-state index in [-0.39, 0.29) is 11.9 Å². The fourth-order valence-corrected chi connectivity index (χ4v) is 2.29. The summed E-state index contributed by atoms with van der Waals surface area (Å²) in [5, 5.41) is 2.75. The maximum atomic E-state index is 11.3. The van der Waals surface area contributed by atoms with Crippen molar-refractivity contribution < 1.29 is 4.79 Å². The zero-order chi connectivity index (χ0) is 10.1. The van der Waals surface area contributed by atoms with Crippen molar-refractivity contribution in [3.05, 3.63) is 21.3 Å². The number of amides is 1. The molecule has 0 aromatic carbocycles. The molecule has 2 rings (SSSR count). The lowest BCUT2D eigenvalue weighted by Crippen LogP contribution is -2.28. The van der Waals surface area contributed by atoms with Crippen molar-refractivity contribution in [1.29, 1.82) is 0 Å². The smallest absolute Gasteiger partial charge is 0.250 e. The minimum Gasteiger partial charge on any atom is -0.308 e. The Hall–Kier alpha value is -0.870. The number of hydrogen-bond acceptors (Lipinski definition) is 3. The van der Waals surface area contributed by atoms with Gasteiger partial charge in [-0.15, -0.1) is 11.3 Å². The van der Waals surface area contributed by atoms with Gasteiger partial charge in [-0.1, -0.05) is 18.5 Å². The average Bonchev–Trinajstić information content (AvgIpc) is 2.71. The maximum Gasteiger partial charge on any atom is 0.250 e. The molecule has 14 heavy (non-hydrogen) atoms. The summed E-state index contributed by atoms with van der Waals surface area (Å²) in [4.78, 5) is 16.5. The van der Waals surface area contributed by atoms with E-state index in [1.807, 2.05) is 13.0 Å². The molecule has 0 fully saturated rings. The Morgan fingerprint density at radius 3 is 2.93 bits per heavy atom. The molecule has 3 nitrogen and oxygen atoms in total. The minimum atomic E-state index is -0.231. The number of halogens is 1. The Labute approximate surface area is 90.8 Å². The average molecular weight is 229 g/mol. The number of hydrogen-bond donors (Lipinski definition) is 1. The third-order valence-corrected chi connectivity index (χ3v) is 3.26. The molecule has 5 heteroatoms. The summed E-state index contributed by atoms with van der Waals surface area (Å²) in [7, 11) is 0. The van der Waals surface area contributed by atoms with Crippen molar-refractivity contribution in [2.75, 3.05) is 0 Å². The van der Waals surface area contributed by atoms with E-state index in [4.69, 9.17) is 11.6 Å². The van der Waals surface area contributed by atoms with Crippen LogP contribution in [0.5, 0.6) is 0 Å². The zero-order valence-electron chi connectivity index (χ0n) is 7.58. The zero-order valence-corrected chi connectivity index (χ0v) is 9.15. The van der Waals surface area contributed by atoms with E-state index >= 15 is 0 Å². The van der Waals surface area contributed by atoms with Crippen molar-refractivity contribution in [2.45, 2.75) is 19.4 Å². The van der Waals surface area contributed by atoms with Crippen molar-refractivity contribution >= 4 is 34.7 Å². The second-order valence-electron chi connectivity index (χ2n) is 2.99. The van der Waals surface area contributed by atoms with Crippen LogP contribution in [0.25, 0.3) is 0 Å². The monoisotopic (exact) mass is 228 g/mol. The summed E-state index contributed by atoms with van der Waals surface area (Å²) in [5.41, 5.74) is 0. The van der Waals surface area contributed by atoms with Crippen molar-refractivity contribution in [3.8, 4) is 0 Å². The number of thiophene rings is 1. The number of amidine groups is 1. The summed E-state index contributed by atoms with van der Waals surface area (Å²) in [6.07, 6.45) is 0.731. The van der Waals surface area contributed by atoms with Crippen LogP contribution in [0.1, 0.15) is 18.2 Å². The van der Waals surface area contributed by atoms with E-state index in [9.17, 15) is 4.79 Å². The van der Waals surface area contributed by atoms with Crippen LogP contribution < -0.4 is 5.32 Å². The second-order valence-corrected chi connectivity index (χ2v) is 4.71. The summed E-state index contributed by atoms with van der Waals surface area (Å²) in [6, 6.07) is 3.44. The first-order valence-electron chi connectivity index (χ1n) is 4.35. The molecule has 1 amide bonds. The molecule has 1 aromatic rings. The van der Waals surface area contributed by atoms with Crippen molar-refractivity contribution in [3.63, 3.8) is 0 Å². The number of carbonyl (C=O) groups is 1. The topological polar surface area (TPSA) is 41.5 Å². The van der Waals surface area contributed by atoms with Gasteiger partial charge in [-0.2, -0.15) is 0 Å². The third-order valence-electron chi connectivity index (χ3n) is 2.02. The highest BCUT2D eigenvalue weighted by Gasteiger charge is 2.25. The molecule has 1 N–H and O–H groups in total. The largest absolute Gasteiger partial charge is 0.308 e. The lowest BCUT2D eigenvalue weighted by molar-refractivity contribution is -0.120. The summed E-state index contributed by atoms with van der Waals surface area (Å²) >= 11 is 7.22. The molecule has 74 valence electrons. The number of nitrogens with one attached hydrogen (secondary N) is 1. The molecule has 0 saturated carbocycles. The molecule has 1 aromatic heterocycles. The van der Waals surface area contributed by atoms with Crippen LogP contribution in [-0.4, -0.2) is 17.8 Å². The first-order chi connectivity index (χ1) is 6.70. The third kappa shape index (κ3) is 1.67. The van der Waals surface area contributed by atoms with Gasteiger partial charge < -0.3 is 5.32 Å². The highest BCUT2D eigenvalue weighted by molar-refractivity contribution is 7.18. The molecule has 1 aliphatic heterocycles. The van der Waals surface area contributed by atoms with Crippen molar-refractivity contribution in [1.82, 2.24) is 5.32 Å². The van der Waals surface area contributed by atoms with Gasteiger partial charge in [0.2, 0.25) is 5.91 Å². The van der Waals surface area contributed by atoms with Gasteiger partial charge in [0.25, 0.3) is 0 Å². The predicted octanol–water partition coefficient (Wildman–Crippen LogP) is 2.06. The Morgan fingerprint density at radius 1 is 1.64 bits per heavy atom. The van der Waals surface area contributed by atoms with Crippen LogP contribution in [-0.2, 0) is 4.79 Å². The molecule has 2 heterocycles. The van der Waals surface area contributed by atoms with Crippen molar-refractivity contribution in [2.24, 2.45) is 4.99 Å². The van der Waals surface area contributed by atoms with Gasteiger partial charge in [0, 0.05) is 0 Å². The van der Waals surface area contributed by atoms with Crippen LogP contribution in [0, 0.1) is 0 Å². The quantitative estimate of drug-likeness (QED) is 0.827. The lowest BCUT2D eigenvalue weighted by atomic mass is 10.2. The Kier molecular flexibility index (Phi) is 2.56. The standard InChI is InChI=1S/C9H9ClN2OS/c1-2-5-9(13)12-8(11-5)6-3-4-7(10)14-6/h3-5H,2H2,1H3,(H,11,12,13). The van der Waals surface area contributed by atoms with Crippen LogP contribution in [0.2, 0.25) is 4.34 Å². The summed E-state index contributed by atoms with van der Waals surface area (Å²) in [5.74, 6) is 0.630. The predicted molar refractivity (Wildman–Crippen MR) is 58.1 cm³/mol. The maximum absolute atomic E-state index is 11.3. The summed E-state index contributed by atoms with van der Waals surface area (Å²) in [6.45, 7) is 1.94. The number of rotatable bonds is 2. The molecule has 1 unspecified atom stereocenters.